The predicted octanol–water partition coefficient (Wildman–Crippen LogP) is 6.87. The summed E-state index contributed by atoms with van der Waals surface area (Å²) in [4.78, 5) is 0. The Hall–Kier alpha value is -2.95. The Morgan fingerprint density at radius 1 is 0.931 bits per heavy atom. The van der Waals surface area contributed by atoms with E-state index in [1.54, 1.807) is 0 Å². The van der Waals surface area contributed by atoms with Gasteiger partial charge in [-0.25, -0.2) is 0 Å². The molecule has 0 amide bonds. The third-order valence-corrected chi connectivity index (χ3v) is 5.14. The van der Waals surface area contributed by atoms with Gasteiger partial charge in [0.1, 0.15) is 29.4 Å². The van der Waals surface area contributed by atoms with Gasteiger partial charge in [-0.15, -0.1) is 0 Å². The normalized spacial score (nSPS) is 13.2. The van der Waals surface area contributed by atoms with E-state index in [2.05, 4.69) is 6.07 Å². The summed E-state index contributed by atoms with van der Waals surface area (Å²) in [5, 5.41) is 0. The van der Waals surface area contributed by atoms with Crippen molar-refractivity contribution in [3.05, 3.63) is 88.5 Å². The van der Waals surface area contributed by atoms with Crippen LogP contribution in [0.25, 0.3) is 0 Å². The number of hydrogen-bond acceptors (Lipinski definition) is 2. The molecule has 150 valence electrons. The van der Waals surface area contributed by atoms with Crippen LogP contribution < -0.4 is 9.47 Å². The van der Waals surface area contributed by atoms with E-state index in [0.29, 0.717) is 5.75 Å². The third kappa shape index (κ3) is 4.24. The molecule has 0 aliphatic heterocycles. The van der Waals surface area contributed by atoms with E-state index < -0.39 is 11.7 Å². The number of hydrogen-bond donors (Lipinski definition) is 0. The molecular weight excluding hydrogens is 377 g/mol. The van der Waals surface area contributed by atoms with Crippen molar-refractivity contribution in [3.8, 4) is 17.2 Å². The van der Waals surface area contributed by atoms with Crippen LogP contribution in [0.2, 0.25) is 0 Å². The van der Waals surface area contributed by atoms with E-state index in [9.17, 15) is 13.2 Å². The first-order chi connectivity index (χ1) is 13.9. The molecule has 29 heavy (non-hydrogen) atoms. The lowest BCUT2D eigenvalue weighted by Gasteiger charge is -2.17. The summed E-state index contributed by atoms with van der Waals surface area (Å²) in [5.74, 6) is 0.627. The smallest absolute Gasteiger partial charge is 0.420 e. The Morgan fingerprint density at radius 2 is 1.72 bits per heavy atom. The first-order valence-corrected chi connectivity index (χ1v) is 9.59. The minimum Gasteiger partial charge on any atom is -0.488 e. The Bertz CT molecular complexity index is 1010. The molecule has 0 saturated heterocycles. The zero-order chi connectivity index (χ0) is 20.4. The summed E-state index contributed by atoms with van der Waals surface area (Å²) in [6.07, 6.45) is -1.64. The fourth-order valence-corrected chi connectivity index (χ4v) is 3.66. The van der Waals surface area contributed by atoms with Gasteiger partial charge in [-0.3, -0.25) is 0 Å². The molecule has 0 radical (unpaired) electrons. The highest BCUT2D eigenvalue weighted by molar-refractivity contribution is 5.51. The number of rotatable bonds is 5. The molecule has 2 nitrogen and oxygen atoms in total. The van der Waals surface area contributed by atoms with Gasteiger partial charge in [0.2, 0.25) is 0 Å². The van der Waals surface area contributed by atoms with Crippen molar-refractivity contribution >= 4 is 0 Å². The lowest BCUT2D eigenvalue weighted by atomic mass is 10.1. The van der Waals surface area contributed by atoms with Gasteiger partial charge in [0.25, 0.3) is 0 Å². The fraction of sp³-hybridized carbons (Fsp3) is 0.250. The van der Waals surface area contributed by atoms with Crippen LogP contribution in [-0.4, -0.2) is 0 Å². The Morgan fingerprint density at radius 3 is 2.48 bits per heavy atom. The maximum Gasteiger partial charge on any atom is 0.420 e. The van der Waals surface area contributed by atoms with Gasteiger partial charge in [0, 0.05) is 0 Å². The van der Waals surface area contributed by atoms with E-state index in [1.165, 1.54) is 17.7 Å². The molecule has 0 fully saturated rings. The topological polar surface area (TPSA) is 18.5 Å². The minimum atomic E-state index is -4.54. The van der Waals surface area contributed by atoms with Gasteiger partial charge in [0.15, 0.2) is 0 Å². The molecule has 0 heterocycles. The molecule has 0 bridgehead atoms. The maximum atomic E-state index is 13.7. The van der Waals surface area contributed by atoms with Crippen LogP contribution in [0.4, 0.5) is 13.2 Å². The van der Waals surface area contributed by atoms with Gasteiger partial charge in [-0.2, -0.15) is 13.2 Å². The zero-order valence-corrected chi connectivity index (χ0v) is 16.1. The Kier molecular flexibility index (Phi) is 5.22. The van der Waals surface area contributed by atoms with Crippen LogP contribution in [0, 0.1) is 6.92 Å². The van der Waals surface area contributed by atoms with Crippen molar-refractivity contribution in [2.75, 3.05) is 0 Å². The number of alkyl halides is 3. The van der Waals surface area contributed by atoms with Crippen molar-refractivity contribution in [1.82, 2.24) is 0 Å². The monoisotopic (exact) mass is 398 g/mol. The van der Waals surface area contributed by atoms with E-state index in [1.807, 2.05) is 43.3 Å². The van der Waals surface area contributed by atoms with E-state index >= 15 is 0 Å². The second-order valence-corrected chi connectivity index (χ2v) is 7.23. The fourth-order valence-electron chi connectivity index (χ4n) is 3.66. The zero-order valence-electron chi connectivity index (χ0n) is 16.1. The highest BCUT2D eigenvalue weighted by atomic mass is 19.4. The molecule has 0 N–H and O–H groups in total. The molecule has 1 aliphatic carbocycles. The standard InChI is InChI=1S/C24H21F3O2/c1-16-10-11-18-8-5-9-20(18)23(16)29-19-12-13-22(21(14-19)24(25,26)27)28-15-17-6-3-2-4-7-17/h2-4,6-7,10-14H,5,8-9,15H2,1H3. The van der Waals surface area contributed by atoms with E-state index in [4.69, 9.17) is 9.47 Å². The van der Waals surface area contributed by atoms with Gasteiger partial charge in [0.05, 0.1) is 0 Å². The maximum absolute atomic E-state index is 13.7. The number of benzene rings is 3. The average molecular weight is 398 g/mol. The van der Waals surface area contributed by atoms with Crippen LogP contribution in [-0.2, 0) is 25.6 Å². The Labute approximate surface area is 167 Å². The quantitative estimate of drug-likeness (QED) is 0.467. The first-order valence-electron chi connectivity index (χ1n) is 9.59. The van der Waals surface area contributed by atoms with Crippen molar-refractivity contribution in [2.24, 2.45) is 0 Å². The molecular formula is C24H21F3O2. The van der Waals surface area contributed by atoms with Crippen molar-refractivity contribution < 1.29 is 22.6 Å². The molecule has 0 spiro atoms. The second kappa shape index (κ2) is 7.82. The van der Waals surface area contributed by atoms with Gasteiger partial charge in [-0.1, -0.05) is 42.5 Å². The average Bonchev–Trinajstić information content (AvgIpc) is 3.18. The van der Waals surface area contributed by atoms with Gasteiger partial charge < -0.3 is 9.47 Å². The van der Waals surface area contributed by atoms with Crippen LogP contribution in [0.5, 0.6) is 17.2 Å². The molecule has 5 heteroatoms. The second-order valence-electron chi connectivity index (χ2n) is 7.23. The third-order valence-electron chi connectivity index (χ3n) is 5.14. The summed E-state index contributed by atoms with van der Waals surface area (Å²) in [6.45, 7) is 1.98. The van der Waals surface area contributed by atoms with E-state index in [-0.39, 0.29) is 18.1 Å². The van der Waals surface area contributed by atoms with Crippen LogP contribution in [0.1, 0.15) is 34.2 Å². The van der Waals surface area contributed by atoms with E-state index in [0.717, 1.165) is 42.0 Å². The number of ether oxygens (including phenoxy) is 2. The van der Waals surface area contributed by atoms with Crippen molar-refractivity contribution in [2.45, 2.75) is 39.0 Å². The molecule has 0 aromatic heterocycles. The summed E-state index contributed by atoms with van der Waals surface area (Å²) in [5.41, 5.74) is 3.20. The van der Waals surface area contributed by atoms with Gasteiger partial charge >= 0.3 is 6.18 Å². The number of halogens is 3. The summed E-state index contributed by atoms with van der Waals surface area (Å²) < 4.78 is 52.4. The molecule has 0 unspecified atom stereocenters. The minimum absolute atomic E-state index is 0.0649. The molecule has 4 rings (SSSR count). The van der Waals surface area contributed by atoms with Crippen LogP contribution >= 0.6 is 0 Å². The molecule has 1 aliphatic rings. The molecule has 0 atom stereocenters. The first kappa shape index (κ1) is 19.4. The highest BCUT2D eigenvalue weighted by Gasteiger charge is 2.35. The molecule has 3 aromatic rings. The van der Waals surface area contributed by atoms with Crippen LogP contribution in [0.3, 0.4) is 0 Å². The molecule has 3 aromatic carbocycles. The summed E-state index contributed by atoms with van der Waals surface area (Å²) >= 11 is 0. The predicted molar refractivity (Wildman–Crippen MR) is 105 cm³/mol. The lowest BCUT2D eigenvalue weighted by Crippen LogP contribution is -2.09. The highest BCUT2D eigenvalue weighted by Crippen LogP contribution is 2.41. The van der Waals surface area contributed by atoms with Crippen molar-refractivity contribution in [1.29, 1.82) is 0 Å². The SMILES string of the molecule is Cc1ccc2c(c1Oc1ccc(OCc3ccccc3)c(C(F)(F)F)c1)CCC2. The summed E-state index contributed by atoms with van der Waals surface area (Å²) in [6, 6.07) is 17.0. The lowest BCUT2D eigenvalue weighted by molar-refractivity contribution is -0.139. The number of fused-ring (bicyclic) bond motifs is 1. The summed E-state index contributed by atoms with van der Waals surface area (Å²) in [7, 11) is 0. The Balaban J connectivity index is 1.62. The van der Waals surface area contributed by atoms with Crippen molar-refractivity contribution in [3.63, 3.8) is 0 Å². The molecule has 0 saturated carbocycles. The van der Waals surface area contributed by atoms with Crippen LogP contribution in [0.15, 0.2) is 60.7 Å². The number of aryl methyl sites for hydroxylation is 2. The largest absolute Gasteiger partial charge is 0.488 e. The van der Waals surface area contributed by atoms with Gasteiger partial charge in [-0.05, 0) is 66.6 Å².